The van der Waals surface area contributed by atoms with E-state index < -0.39 is 28.3 Å². The molecular formula is C12H14FNO4. The van der Waals surface area contributed by atoms with Gasteiger partial charge in [-0.3, -0.25) is 14.9 Å². The summed E-state index contributed by atoms with van der Waals surface area (Å²) in [6.45, 7) is 1.87. The molecule has 1 rings (SSSR count). The Labute approximate surface area is 103 Å². The van der Waals surface area contributed by atoms with Crippen molar-refractivity contribution in [3.05, 3.63) is 39.7 Å². The Morgan fingerprint density at radius 3 is 2.67 bits per heavy atom. The molecule has 1 N–H and O–H groups in total. The molecule has 0 bridgehead atoms. The molecule has 0 radical (unpaired) electrons. The van der Waals surface area contributed by atoms with Crippen LogP contribution >= 0.6 is 0 Å². The van der Waals surface area contributed by atoms with Crippen molar-refractivity contribution in [3.63, 3.8) is 0 Å². The monoisotopic (exact) mass is 255 g/mol. The normalized spacial score (nSPS) is 12.1. The largest absolute Gasteiger partial charge is 0.481 e. The van der Waals surface area contributed by atoms with Crippen LogP contribution in [0.5, 0.6) is 0 Å². The lowest BCUT2D eigenvalue weighted by Gasteiger charge is -2.10. The van der Waals surface area contributed by atoms with Crippen molar-refractivity contribution in [3.8, 4) is 0 Å². The number of hydrogen-bond acceptors (Lipinski definition) is 3. The summed E-state index contributed by atoms with van der Waals surface area (Å²) in [5.41, 5.74) is -0.139. The summed E-state index contributed by atoms with van der Waals surface area (Å²) in [6, 6.07) is 3.49. The quantitative estimate of drug-likeness (QED) is 0.626. The van der Waals surface area contributed by atoms with E-state index in [-0.39, 0.29) is 6.42 Å². The second kappa shape index (κ2) is 6.09. The van der Waals surface area contributed by atoms with Crippen molar-refractivity contribution in [1.82, 2.24) is 0 Å². The third-order valence-electron chi connectivity index (χ3n) is 2.68. The van der Waals surface area contributed by atoms with Crippen molar-refractivity contribution >= 4 is 11.7 Å². The first-order chi connectivity index (χ1) is 8.45. The number of hydrogen-bond donors (Lipinski definition) is 1. The maximum atomic E-state index is 13.3. The number of nitro groups is 1. The lowest BCUT2D eigenvalue weighted by Crippen LogP contribution is -2.16. The number of carboxylic acid groups (broad SMARTS) is 1. The fraction of sp³-hybridized carbons (Fsp3) is 0.417. The zero-order valence-corrected chi connectivity index (χ0v) is 9.93. The van der Waals surface area contributed by atoms with Gasteiger partial charge in [0.25, 0.3) is 0 Å². The fourth-order valence-electron chi connectivity index (χ4n) is 1.77. The summed E-state index contributed by atoms with van der Waals surface area (Å²) in [5, 5.41) is 19.4. The summed E-state index contributed by atoms with van der Waals surface area (Å²) in [4.78, 5) is 20.6. The minimum Gasteiger partial charge on any atom is -0.481 e. The van der Waals surface area contributed by atoms with Crippen LogP contribution in [-0.2, 0) is 11.2 Å². The summed E-state index contributed by atoms with van der Waals surface area (Å²) in [7, 11) is 0. The summed E-state index contributed by atoms with van der Waals surface area (Å²) in [6.07, 6.45) is 1.39. The molecule has 0 saturated heterocycles. The second-order valence-corrected chi connectivity index (χ2v) is 4.07. The van der Waals surface area contributed by atoms with E-state index in [4.69, 9.17) is 5.11 Å². The van der Waals surface area contributed by atoms with Gasteiger partial charge in [-0.05, 0) is 24.5 Å². The zero-order valence-electron chi connectivity index (χ0n) is 9.93. The Morgan fingerprint density at radius 1 is 1.56 bits per heavy atom. The van der Waals surface area contributed by atoms with Crippen molar-refractivity contribution in [1.29, 1.82) is 0 Å². The van der Waals surface area contributed by atoms with Crippen molar-refractivity contribution in [2.75, 3.05) is 0 Å². The molecule has 18 heavy (non-hydrogen) atoms. The Hall–Kier alpha value is -1.98. The topological polar surface area (TPSA) is 80.4 Å². The highest BCUT2D eigenvalue weighted by molar-refractivity contribution is 5.70. The van der Waals surface area contributed by atoms with Gasteiger partial charge in [-0.1, -0.05) is 19.4 Å². The predicted molar refractivity (Wildman–Crippen MR) is 62.8 cm³/mol. The second-order valence-electron chi connectivity index (χ2n) is 4.07. The first-order valence-electron chi connectivity index (χ1n) is 5.61. The molecule has 0 aliphatic rings. The number of carboxylic acids is 1. The third kappa shape index (κ3) is 3.51. The average molecular weight is 255 g/mol. The van der Waals surface area contributed by atoms with E-state index in [9.17, 15) is 19.3 Å². The Bertz CT molecular complexity index is 461. The first-order valence-corrected chi connectivity index (χ1v) is 5.61. The number of benzene rings is 1. The molecule has 1 unspecified atom stereocenters. The molecule has 0 aliphatic carbocycles. The van der Waals surface area contributed by atoms with Crippen molar-refractivity contribution in [2.45, 2.75) is 26.2 Å². The van der Waals surface area contributed by atoms with E-state index in [1.165, 1.54) is 6.07 Å². The maximum Gasteiger partial charge on any atom is 0.306 e. The number of carbonyl (C=O) groups is 1. The van der Waals surface area contributed by atoms with Gasteiger partial charge < -0.3 is 5.11 Å². The number of nitrogens with zero attached hydrogens (tertiary/aromatic N) is 1. The highest BCUT2D eigenvalue weighted by Crippen LogP contribution is 2.21. The van der Waals surface area contributed by atoms with E-state index in [0.29, 0.717) is 18.4 Å². The zero-order chi connectivity index (χ0) is 13.7. The minimum atomic E-state index is -0.935. The molecule has 0 fully saturated rings. The molecule has 1 atom stereocenters. The van der Waals surface area contributed by atoms with Gasteiger partial charge in [0.05, 0.1) is 10.8 Å². The Balaban J connectivity index is 2.88. The van der Waals surface area contributed by atoms with E-state index >= 15 is 0 Å². The van der Waals surface area contributed by atoms with Gasteiger partial charge in [-0.15, -0.1) is 0 Å². The van der Waals surface area contributed by atoms with Crippen LogP contribution in [0.25, 0.3) is 0 Å². The van der Waals surface area contributed by atoms with Crippen LogP contribution in [0.3, 0.4) is 0 Å². The summed E-state index contributed by atoms with van der Waals surface area (Å²) < 4.78 is 13.3. The summed E-state index contributed by atoms with van der Waals surface area (Å²) in [5.74, 6) is -2.45. The average Bonchev–Trinajstić information content (AvgIpc) is 2.27. The third-order valence-corrected chi connectivity index (χ3v) is 2.68. The van der Waals surface area contributed by atoms with Gasteiger partial charge in [0.2, 0.25) is 5.82 Å². The van der Waals surface area contributed by atoms with Crippen LogP contribution < -0.4 is 0 Å². The molecule has 0 amide bonds. The molecule has 0 aromatic heterocycles. The molecule has 0 heterocycles. The number of aliphatic carboxylic acids is 1. The molecule has 0 aliphatic heterocycles. The number of nitro benzene ring substituents is 1. The molecule has 5 nitrogen and oxygen atoms in total. The highest BCUT2D eigenvalue weighted by atomic mass is 19.1. The van der Waals surface area contributed by atoms with Crippen molar-refractivity contribution in [2.24, 2.45) is 5.92 Å². The molecule has 0 spiro atoms. The molecule has 98 valence electrons. The standard InChI is InChI=1S/C12H14FNO4/c1-2-3-9(12(15)16)6-8-4-5-11(14(17)18)10(13)7-8/h4-5,7,9H,2-3,6H2,1H3,(H,15,16). The lowest BCUT2D eigenvalue weighted by atomic mass is 9.95. The SMILES string of the molecule is CCCC(Cc1ccc([N+](=O)[O-])c(F)c1)C(=O)O. The van der Waals surface area contributed by atoms with Crippen LogP contribution in [-0.4, -0.2) is 16.0 Å². The van der Waals surface area contributed by atoms with Crippen LogP contribution in [0, 0.1) is 21.8 Å². The molecule has 1 aromatic carbocycles. The predicted octanol–water partition coefficient (Wildman–Crippen LogP) is 2.78. The van der Waals surface area contributed by atoms with Gasteiger partial charge >= 0.3 is 11.7 Å². The Morgan fingerprint density at radius 2 is 2.22 bits per heavy atom. The van der Waals surface area contributed by atoms with Gasteiger partial charge in [-0.25, -0.2) is 0 Å². The molecule has 1 aromatic rings. The first kappa shape index (κ1) is 14.1. The molecule has 6 heteroatoms. The van der Waals surface area contributed by atoms with Gasteiger partial charge in [0.1, 0.15) is 0 Å². The lowest BCUT2D eigenvalue weighted by molar-refractivity contribution is -0.387. The van der Waals surface area contributed by atoms with Gasteiger partial charge in [0, 0.05) is 6.07 Å². The van der Waals surface area contributed by atoms with E-state index in [0.717, 1.165) is 12.1 Å². The van der Waals surface area contributed by atoms with E-state index in [1.54, 1.807) is 0 Å². The van der Waals surface area contributed by atoms with Crippen LogP contribution in [0.1, 0.15) is 25.3 Å². The molecular weight excluding hydrogens is 241 g/mol. The smallest absolute Gasteiger partial charge is 0.306 e. The summed E-state index contributed by atoms with van der Waals surface area (Å²) >= 11 is 0. The number of rotatable bonds is 6. The van der Waals surface area contributed by atoms with Crippen LogP contribution in [0.4, 0.5) is 10.1 Å². The number of halogens is 1. The fourth-order valence-corrected chi connectivity index (χ4v) is 1.77. The van der Waals surface area contributed by atoms with Crippen LogP contribution in [0.15, 0.2) is 18.2 Å². The van der Waals surface area contributed by atoms with Gasteiger partial charge in [0.15, 0.2) is 0 Å². The van der Waals surface area contributed by atoms with Crippen molar-refractivity contribution < 1.29 is 19.2 Å². The molecule has 0 saturated carbocycles. The van der Waals surface area contributed by atoms with E-state index in [1.807, 2.05) is 6.92 Å². The maximum absolute atomic E-state index is 13.3. The van der Waals surface area contributed by atoms with E-state index in [2.05, 4.69) is 0 Å². The Kier molecular flexibility index (Phi) is 4.76. The highest BCUT2D eigenvalue weighted by Gasteiger charge is 2.19. The van der Waals surface area contributed by atoms with Gasteiger partial charge in [-0.2, -0.15) is 4.39 Å². The minimum absolute atomic E-state index is 0.179. The van der Waals surface area contributed by atoms with Crippen LogP contribution in [0.2, 0.25) is 0 Å².